The quantitative estimate of drug-likeness (QED) is 0.519. The van der Waals surface area contributed by atoms with E-state index < -0.39 is 29.0 Å². The van der Waals surface area contributed by atoms with Crippen LogP contribution in [0.2, 0.25) is 0 Å². The number of hydrogen-bond acceptors (Lipinski definition) is 8. The lowest BCUT2D eigenvalue weighted by atomic mass is 10.0. The van der Waals surface area contributed by atoms with Crippen LogP contribution in [-0.4, -0.2) is 58.0 Å². The average molecular weight is 453 g/mol. The second kappa shape index (κ2) is 8.81. The number of carbonyl (C=O) groups is 4. The van der Waals surface area contributed by atoms with Gasteiger partial charge in [-0.2, -0.15) is 0 Å². The van der Waals surface area contributed by atoms with Crippen molar-refractivity contribution in [3.8, 4) is 0 Å². The number of esters is 2. The van der Waals surface area contributed by atoms with E-state index in [1.54, 1.807) is 20.8 Å². The highest BCUT2D eigenvalue weighted by molar-refractivity contribution is 8.00. The van der Waals surface area contributed by atoms with Crippen molar-refractivity contribution in [3.05, 3.63) is 33.7 Å². The van der Waals surface area contributed by atoms with Gasteiger partial charge in [-0.1, -0.05) is 6.07 Å². The number of rotatable bonds is 6. The molecule has 0 spiro atoms. The van der Waals surface area contributed by atoms with Gasteiger partial charge in [0.15, 0.2) is 0 Å². The molecule has 3 heterocycles. The molecule has 0 saturated carbocycles. The van der Waals surface area contributed by atoms with E-state index in [-0.39, 0.29) is 30.5 Å². The summed E-state index contributed by atoms with van der Waals surface area (Å²) in [5.41, 5.74) is -0.139. The molecule has 1 saturated heterocycles. The minimum absolute atomic E-state index is 0.0944. The van der Waals surface area contributed by atoms with Gasteiger partial charge < -0.3 is 14.8 Å². The Balaban J connectivity index is 1.76. The largest absolute Gasteiger partial charge is 0.461 e. The highest BCUT2D eigenvalue weighted by Crippen LogP contribution is 2.41. The molecule has 2 atom stereocenters. The zero-order valence-corrected chi connectivity index (χ0v) is 18.9. The summed E-state index contributed by atoms with van der Waals surface area (Å²) in [5, 5.41) is 4.25. The molecule has 2 amide bonds. The summed E-state index contributed by atoms with van der Waals surface area (Å²) in [6.07, 6.45) is 0.200. The number of amides is 2. The summed E-state index contributed by atoms with van der Waals surface area (Å²) in [6, 6.07) is 3.01. The van der Waals surface area contributed by atoms with E-state index in [0.717, 1.165) is 4.88 Å². The van der Waals surface area contributed by atoms with Gasteiger partial charge in [0, 0.05) is 23.1 Å². The smallest absolute Gasteiger partial charge is 0.355 e. The number of thioether (sulfide) groups is 1. The summed E-state index contributed by atoms with van der Waals surface area (Å²) in [6.45, 7) is 6.39. The number of nitrogens with zero attached hydrogens (tertiary/aromatic N) is 1. The molecular weight excluding hydrogens is 428 g/mol. The summed E-state index contributed by atoms with van der Waals surface area (Å²) in [5.74, 6) is -1.37. The molecule has 0 unspecified atom stereocenters. The molecule has 1 fully saturated rings. The van der Waals surface area contributed by atoms with Crippen LogP contribution in [0, 0.1) is 0 Å². The van der Waals surface area contributed by atoms with Crippen LogP contribution in [0.1, 0.15) is 32.6 Å². The molecule has 0 bridgehead atoms. The maximum Gasteiger partial charge on any atom is 0.355 e. The fourth-order valence-electron chi connectivity index (χ4n) is 3.09. The van der Waals surface area contributed by atoms with Crippen LogP contribution in [0.25, 0.3) is 0 Å². The van der Waals surface area contributed by atoms with Crippen LogP contribution in [0.5, 0.6) is 0 Å². The number of ether oxygens (including phenoxy) is 2. The van der Waals surface area contributed by atoms with Crippen LogP contribution in [0.4, 0.5) is 0 Å². The molecule has 0 radical (unpaired) electrons. The molecule has 1 N–H and O–H groups in total. The van der Waals surface area contributed by atoms with Crippen molar-refractivity contribution >= 4 is 46.9 Å². The number of thiophene rings is 1. The summed E-state index contributed by atoms with van der Waals surface area (Å²) >= 11 is 2.88. The van der Waals surface area contributed by atoms with E-state index in [2.05, 4.69) is 5.32 Å². The van der Waals surface area contributed by atoms with Crippen LogP contribution < -0.4 is 5.32 Å². The molecule has 8 nitrogen and oxygen atoms in total. The Morgan fingerprint density at radius 3 is 2.63 bits per heavy atom. The van der Waals surface area contributed by atoms with E-state index >= 15 is 0 Å². The van der Waals surface area contributed by atoms with E-state index in [1.165, 1.54) is 34.9 Å². The third-order valence-electron chi connectivity index (χ3n) is 4.32. The van der Waals surface area contributed by atoms with Gasteiger partial charge in [0.25, 0.3) is 5.91 Å². The summed E-state index contributed by atoms with van der Waals surface area (Å²) in [7, 11) is 0. The fraction of sp³-hybridized carbons (Fsp3) is 0.500. The normalized spacial score (nSPS) is 20.9. The zero-order chi connectivity index (χ0) is 22.1. The standard InChI is InChI=1S/C20H24N2O6S2/c1-11(23)27-9-12-10-30-18-15(21-14(24)8-13-6-5-7-29-13)17(25)22(18)16(12)19(26)28-20(2,3)4/h5-7,15,18H,8-10H2,1-4H3,(H,21,24)/t15-,18+/m0/s1. The second-order valence-electron chi connectivity index (χ2n) is 7.95. The Kier molecular flexibility index (Phi) is 6.56. The molecule has 1 aromatic heterocycles. The number of hydrogen-bond donors (Lipinski definition) is 1. The minimum Gasteiger partial charge on any atom is -0.461 e. The van der Waals surface area contributed by atoms with Gasteiger partial charge in [0.1, 0.15) is 29.3 Å². The topological polar surface area (TPSA) is 102 Å². The molecule has 30 heavy (non-hydrogen) atoms. The van der Waals surface area contributed by atoms with Crippen molar-refractivity contribution < 1.29 is 28.7 Å². The van der Waals surface area contributed by atoms with Gasteiger partial charge in [-0.05, 0) is 32.2 Å². The Labute approximate surface area is 183 Å². The molecule has 2 aliphatic heterocycles. The van der Waals surface area contributed by atoms with Crippen molar-refractivity contribution in [2.45, 2.75) is 51.1 Å². The van der Waals surface area contributed by atoms with E-state index in [9.17, 15) is 19.2 Å². The van der Waals surface area contributed by atoms with Crippen LogP contribution >= 0.6 is 23.1 Å². The van der Waals surface area contributed by atoms with Crippen molar-refractivity contribution in [1.29, 1.82) is 0 Å². The van der Waals surface area contributed by atoms with Crippen molar-refractivity contribution in [2.24, 2.45) is 0 Å². The lowest BCUT2D eigenvalue weighted by Gasteiger charge is -2.49. The van der Waals surface area contributed by atoms with Gasteiger partial charge in [-0.15, -0.1) is 23.1 Å². The van der Waals surface area contributed by atoms with Crippen LogP contribution in [0.15, 0.2) is 28.8 Å². The average Bonchev–Trinajstić information content (AvgIpc) is 3.14. The number of carbonyl (C=O) groups excluding carboxylic acids is 4. The molecular formula is C20H24N2O6S2. The van der Waals surface area contributed by atoms with Crippen molar-refractivity contribution in [3.63, 3.8) is 0 Å². The Bertz CT molecular complexity index is 888. The Hall–Kier alpha value is -2.33. The first-order valence-electron chi connectivity index (χ1n) is 9.42. The first-order valence-corrected chi connectivity index (χ1v) is 11.3. The Morgan fingerprint density at radius 2 is 2.03 bits per heavy atom. The Morgan fingerprint density at radius 1 is 1.30 bits per heavy atom. The molecule has 10 heteroatoms. The van der Waals surface area contributed by atoms with Crippen LogP contribution in [-0.2, 0) is 35.1 Å². The first-order chi connectivity index (χ1) is 14.1. The highest BCUT2D eigenvalue weighted by atomic mass is 32.2. The zero-order valence-electron chi connectivity index (χ0n) is 17.2. The second-order valence-corrected chi connectivity index (χ2v) is 10.1. The van der Waals surface area contributed by atoms with Gasteiger partial charge >= 0.3 is 11.9 Å². The number of fused-ring (bicyclic) bond motifs is 1. The summed E-state index contributed by atoms with van der Waals surface area (Å²) in [4.78, 5) is 51.5. The monoisotopic (exact) mass is 452 g/mol. The predicted octanol–water partition coefficient (Wildman–Crippen LogP) is 1.85. The molecule has 3 rings (SSSR count). The van der Waals surface area contributed by atoms with Crippen LogP contribution in [0.3, 0.4) is 0 Å². The fourth-order valence-corrected chi connectivity index (χ4v) is 5.12. The van der Waals surface area contributed by atoms with E-state index in [1.807, 2.05) is 17.5 Å². The van der Waals surface area contributed by atoms with Crippen molar-refractivity contribution in [2.75, 3.05) is 12.4 Å². The maximum absolute atomic E-state index is 12.8. The van der Waals surface area contributed by atoms with E-state index in [0.29, 0.717) is 11.3 Å². The molecule has 1 aromatic rings. The van der Waals surface area contributed by atoms with Gasteiger partial charge in [0.2, 0.25) is 5.91 Å². The lowest BCUT2D eigenvalue weighted by molar-refractivity contribution is -0.159. The van der Waals surface area contributed by atoms with Gasteiger partial charge in [0.05, 0.1) is 6.42 Å². The molecule has 2 aliphatic rings. The SMILES string of the molecule is CC(=O)OCC1=C(C(=O)OC(C)(C)C)N2C(=O)[C@H](NC(=O)Cc3cccs3)[C@H]2SC1. The molecule has 162 valence electrons. The minimum atomic E-state index is -0.751. The summed E-state index contributed by atoms with van der Waals surface area (Å²) < 4.78 is 10.5. The van der Waals surface area contributed by atoms with Crippen molar-refractivity contribution in [1.82, 2.24) is 10.2 Å². The first kappa shape index (κ1) is 22.4. The lowest BCUT2D eigenvalue weighted by Crippen LogP contribution is -2.70. The van der Waals surface area contributed by atoms with E-state index in [4.69, 9.17) is 9.47 Å². The predicted molar refractivity (Wildman–Crippen MR) is 113 cm³/mol. The highest BCUT2D eigenvalue weighted by Gasteiger charge is 2.54. The van der Waals surface area contributed by atoms with Gasteiger partial charge in [-0.25, -0.2) is 4.79 Å². The number of β-lactam (4-membered cyclic amide) rings is 1. The maximum atomic E-state index is 12.8. The third-order valence-corrected chi connectivity index (χ3v) is 6.54. The molecule has 0 aliphatic carbocycles. The molecule has 0 aromatic carbocycles. The van der Waals surface area contributed by atoms with Gasteiger partial charge in [-0.3, -0.25) is 19.3 Å². The third kappa shape index (κ3) is 5.04. The number of nitrogens with one attached hydrogen (secondary N) is 1.